The number of hydrogen-bond donors (Lipinski definition) is 3. The van der Waals surface area contributed by atoms with Crippen LogP contribution in [-0.2, 0) is 0 Å². The van der Waals surface area contributed by atoms with Gasteiger partial charge in [0.25, 0.3) is 0 Å². The second-order valence-electron chi connectivity index (χ2n) is 3.26. The predicted octanol–water partition coefficient (Wildman–Crippen LogP) is 3.68. The summed E-state index contributed by atoms with van der Waals surface area (Å²) in [7, 11) is 0. The Bertz CT molecular complexity index is 578. The third-order valence-corrected chi connectivity index (χ3v) is 4.06. The number of halogens is 3. The fraction of sp³-hybridized carbons (Fsp3) is 0. The van der Waals surface area contributed by atoms with Crippen molar-refractivity contribution >= 4 is 60.9 Å². The molecular weight excluding hydrogens is 385 g/mol. The molecule has 2 aromatic rings. The standard InChI is InChI=1S/C10H8Br2ClN5/c11-5-4-15-10(18-14)17-9(5)16-7-3-1-2-6(13)8(7)12/h1-4H,14H2,(H2,15,16,17,18). The molecule has 0 radical (unpaired) electrons. The number of nitrogen functional groups attached to an aromatic ring is 1. The van der Waals surface area contributed by atoms with Gasteiger partial charge in [0.15, 0.2) is 0 Å². The highest BCUT2D eigenvalue weighted by molar-refractivity contribution is 9.11. The maximum absolute atomic E-state index is 6.01. The molecule has 0 amide bonds. The highest BCUT2D eigenvalue weighted by Gasteiger charge is 2.08. The van der Waals surface area contributed by atoms with E-state index in [0.29, 0.717) is 21.3 Å². The summed E-state index contributed by atoms with van der Waals surface area (Å²) in [6.07, 6.45) is 1.60. The minimum Gasteiger partial charge on any atom is -0.338 e. The Hall–Kier alpha value is -0.890. The molecule has 0 spiro atoms. The minimum absolute atomic E-state index is 0.318. The van der Waals surface area contributed by atoms with Crippen LogP contribution in [0, 0.1) is 0 Å². The summed E-state index contributed by atoms with van der Waals surface area (Å²) >= 11 is 12.8. The first-order valence-electron chi connectivity index (χ1n) is 4.82. The van der Waals surface area contributed by atoms with Crippen molar-refractivity contribution in [1.29, 1.82) is 0 Å². The molecule has 18 heavy (non-hydrogen) atoms. The first kappa shape index (κ1) is 13.5. The average molecular weight is 393 g/mol. The van der Waals surface area contributed by atoms with Crippen LogP contribution in [0.3, 0.4) is 0 Å². The van der Waals surface area contributed by atoms with E-state index in [1.165, 1.54) is 0 Å². The minimum atomic E-state index is 0.318. The number of aromatic nitrogens is 2. The largest absolute Gasteiger partial charge is 0.338 e. The average Bonchev–Trinajstić information content (AvgIpc) is 2.37. The number of rotatable bonds is 3. The van der Waals surface area contributed by atoms with Gasteiger partial charge in [0.1, 0.15) is 5.82 Å². The van der Waals surface area contributed by atoms with Crippen LogP contribution in [0.5, 0.6) is 0 Å². The first-order chi connectivity index (χ1) is 8.61. The molecule has 0 atom stereocenters. The van der Waals surface area contributed by atoms with Gasteiger partial charge in [-0.05, 0) is 44.0 Å². The Morgan fingerprint density at radius 1 is 1.28 bits per heavy atom. The summed E-state index contributed by atoms with van der Waals surface area (Å²) < 4.78 is 1.48. The van der Waals surface area contributed by atoms with Gasteiger partial charge >= 0.3 is 0 Å². The van der Waals surface area contributed by atoms with Crippen LogP contribution in [0.4, 0.5) is 17.5 Å². The van der Waals surface area contributed by atoms with E-state index < -0.39 is 0 Å². The molecule has 1 aromatic carbocycles. The molecule has 0 unspecified atom stereocenters. The lowest BCUT2D eigenvalue weighted by Crippen LogP contribution is -2.11. The number of nitrogens with one attached hydrogen (secondary N) is 2. The quantitative estimate of drug-likeness (QED) is 0.548. The number of anilines is 3. The van der Waals surface area contributed by atoms with Crippen LogP contribution in [0.25, 0.3) is 0 Å². The van der Waals surface area contributed by atoms with Crippen molar-refractivity contribution in [2.45, 2.75) is 0 Å². The van der Waals surface area contributed by atoms with Gasteiger partial charge in [-0.25, -0.2) is 10.8 Å². The fourth-order valence-electron chi connectivity index (χ4n) is 1.25. The molecule has 0 bridgehead atoms. The zero-order valence-corrected chi connectivity index (χ0v) is 12.8. The van der Waals surface area contributed by atoms with Gasteiger partial charge in [0.2, 0.25) is 5.95 Å². The highest BCUT2D eigenvalue weighted by atomic mass is 79.9. The summed E-state index contributed by atoms with van der Waals surface area (Å²) in [5.74, 6) is 6.17. The zero-order chi connectivity index (χ0) is 13.1. The first-order valence-corrected chi connectivity index (χ1v) is 6.78. The molecule has 1 heterocycles. The molecular formula is C10H8Br2ClN5. The number of nitrogens with two attached hydrogens (primary N) is 1. The maximum Gasteiger partial charge on any atom is 0.239 e. The summed E-state index contributed by atoms with van der Waals surface area (Å²) in [4.78, 5) is 8.15. The Labute approximate surface area is 125 Å². The summed E-state index contributed by atoms with van der Waals surface area (Å²) in [5.41, 5.74) is 3.18. The molecule has 0 saturated carbocycles. The van der Waals surface area contributed by atoms with Crippen molar-refractivity contribution in [3.63, 3.8) is 0 Å². The van der Waals surface area contributed by atoms with Crippen LogP contribution in [-0.4, -0.2) is 9.97 Å². The van der Waals surface area contributed by atoms with Crippen LogP contribution in [0.1, 0.15) is 0 Å². The van der Waals surface area contributed by atoms with E-state index in [9.17, 15) is 0 Å². The topological polar surface area (TPSA) is 75.9 Å². The molecule has 5 nitrogen and oxygen atoms in total. The van der Waals surface area contributed by atoms with Gasteiger partial charge in [-0.15, -0.1) is 0 Å². The van der Waals surface area contributed by atoms with Crippen LogP contribution in [0.15, 0.2) is 33.3 Å². The van der Waals surface area contributed by atoms with Gasteiger partial charge in [-0.1, -0.05) is 17.7 Å². The summed E-state index contributed by atoms with van der Waals surface area (Å²) in [5, 5.41) is 3.74. The Kier molecular flexibility index (Phi) is 4.39. The lowest BCUT2D eigenvalue weighted by molar-refractivity contribution is 1.11. The zero-order valence-electron chi connectivity index (χ0n) is 8.92. The molecule has 0 fully saturated rings. The van der Waals surface area contributed by atoms with Crippen molar-refractivity contribution in [2.75, 3.05) is 10.7 Å². The van der Waals surface area contributed by atoms with Gasteiger partial charge in [0, 0.05) is 6.20 Å². The molecule has 2 rings (SSSR count). The molecule has 1 aromatic heterocycles. The third kappa shape index (κ3) is 2.92. The highest BCUT2D eigenvalue weighted by Crippen LogP contribution is 2.33. The van der Waals surface area contributed by atoms with Crippen LogP contribution >= 0.6 is 43.5 Å². The SMILES string of the molecule is NNc1ncc(Br)c(Nc2cccc(Cl)c2Br)n1. The van der Waals surface area contributed by atoms with Crippen molar-refractivity contribution in [1.82, 2.24) is 9.97 Å². The molecule has 0 aliphatic heterocycles. The van der Waals surface area contributed by atoms with Crippen molar-refractivity contribution in [3.8, 4) is 0 Å². The monoisotopic (exact) mass is 391 g/mol. The van der Waals surface area contributed by atoms with Crippen molar-refractivity contribution < 1.29 is 0 Å². The number of hydrogen-bond acceptors (Lipinski definition) is 5. The van der Waals surface area contributed by atoms with E-state index in [1.807, 2.05) is 12.1 Å². The number of benzene rings is 1. The van der Waals surface area contributed by atoms with E-state index in [4.69, 9.17) is 17.4 Å². The second-order valence-corrected chi connectivity index (χ2v) is 5.32. The van der Waals surface area contributed by atoms with E-state index >= 15 is 0 Å². The Morgan fingerprint density at radius 3 is 2.78 bits per heavy atom. The fourth-order valence-corrected chi connectivity index (χ4v) is 2.08. The Balaban J connectivity index is 2.36. The third-order valence-electron chi connectivity index (χ3n) is 2.08. The summed E-state index contributed by atoms with van der Waals surface area (Å²) in [6, 6.07) is 5.51. The van der Waals surface area contributed by atoms with Gasteiger partial charge in [0.05, 0.1) is 19.7 Å². The van der Waals surface area contributed by atoms with Gasteiger partial charge in [-0.3, -0.25) is 5.43 Å². The second kappa shape index (κ2) is 5.83. The van der Waals surface area contributed by atoms with E-state index in [-0.39, 0.29) is 0 Å². The molecule has 94 valence electrons. The van der Waals surface area contributed by atoms with Gasteiger partial charge < -0.3 is 5.32 Å². The summed E-state index contributed by atoms with van der Waals surface area (Å²) in [6.45, 7) is 0. The van der Waals surface area contributed by atoms with Crippen LogP contribution in [0.2, 0.25) is 5.02 Å². The van der Waals surface area contributed by atoms with Crippen molar-refractivity contribution in [2.24, 2.45) is 5.84 Å². The molecule has 0 saturated heterocycles. The molecule has 4 N–H and O–H groups in total. The van der Waals surface area contributed by atoms with Gasteiger partial charge in [-0.2, -0.15) is 4.98 Å². The normalized spacial score (nSPS) is 10.2. The lowest BCUT2D eigenvalue weighted by atomic mass is 10.3. The molecule has 0 aliphatic carbocycles. The van der Waals surface area contributed by atoms with E-state index in [2.05, 4.69) is 52.6 Å². The molecule has 8 heteroatoms. The predicted molar refractivity (Wildman–Crippen MR) is 80.0 cm³/mol. The maximum atomic E-state index is 6.01. The van der Waals surface area contributed by atoms with E-state index in [1.54, 1.807) is 12.3 Å². The smallest absolute Gasteiger partial charge is 0.239 e. The van der Waals surface area contributed by atoms with E-state index in [0.717, 1.165) is 10.2 Å². The lowest BCUT2D eigenvalue weighted by Gasteiger charge is -2.10. The van der Waals surface area contributed by atoms with Crippen LogP contribution < -0.4 is 16.6 Å². The molecule has 0 aliphatic rings. The number of hydrazine groups is 1. The Morgan fingerprint density at radius 2 is 2.06 bits per heavy atom. The number of nitrogens with zero attached hydrogens (tertiary/aromatic N) is 2. The van der Waals surface area contributed by atoms with Crippen molar-refractivity contribution in [3.05, 3.63) is 38.4 Å².